The summed E-state index contributed by atoms with van der Waals surface area (Å²) in [6.45, 7) is 2.74. The van der Waals surface area contributed by atoms with Crippen LogP contribution >= 0.6 is 15.9 Å². The fourth-order valence-corrected chi connectivity index (χ4v) is 2.48. The van der Waals surface area contributed by atoms with E-state index in [1.54, 1.807) is 6.07 Å². The number of aliphatic hydroxyl groups is 1. The Hall–Kier alpha value is -1.39. The van der Waals surface area contributed by atoms with Gasteiger partial charge in [0.25, 0.3) is 0 Å². The minimum absolute atomic E-state index is 0.00699. The van der Waals surface area contributed by atoms with E-state index in [0.717, 1.165) is 28.0 Å². The van der Waals surface area contributed by atoms with Gasteiger partial charge in [-0.2, -0.15) is 0 Å². The van der Waals surface area contributed by atoms with Crippen LogP contribution < -0.4 is 4.90 Å². The van der Waals surface area contributed by atoms with Gasteiger partial charge in [-0.15, -0.1) is 0 Å². The highest BCUT2D eigenvalue weighted by atomic mass is 79.9. The molecule has 100 valence electrons. The van der Waals surface area contributed by atoms with Crippen molar-refractivity contribution in [3.05, 3.63) is 58.3 Å². The summed E-state index contributed by atoms with van der Waals surface area (Å²) in [5.41, 5.74) is 2.60. The molecule has 0 aliphatic rings. The highest BCUT2D eigenvalue weighted by molar-refractivity contribution is 9.10. The van der Waals surface area contributed by atoms with Crippen molar-refractivity contribution in [2.75, 3.05) is 11.4 Å². The highest BCUT2D eigenvalue weighted by Gasteiger charge is 2.09. The highest BCUT2D eigenvalue weighted by Crippen LogP contribution is 2.29. The van der Waals surface area contributed by atoms with Gasteiger partial charge >= 0.3 is 0 Å². The Bertz CT molecular complexity index is 574. The predicted molar refractivity (Wildman–Crippen MR) is 79.1 cm³/mol. The van der Waals surface area contributed by atoms with Crippen molar-refractivity contribution in [3.63, 3.8) is 0 Å². The molecule has 0 saturated heterocycles. The Labute approximate surface area is 120 Å². The number of anilines is 2. The molecule has 0 atom stereocenters. The van der Waals surface area contributed by atoms with Gasteiger partial charge in [-0.1, -0.05) is 28.1 Å². The maximum Gasteiger partial charge on any atom is 0.125 e. The first kappa shape index (κ1) is 14.0. The molecule has 2 rings (SSSR count). The second-order valence-electron chi connectivity index (χ2n) is 4.16. The Morgan fingerprint density at radius 1 is 1.16 bits per heavy atom. The van der Waals surface area contributed by atoms with E-state index in [9.17, 15) is 4.39 Å². The van der Waals surface area contributed by atoms with Gasteiger partial charge in [0.2, 0.25) is 0 Å². The van der Waals surface area contributed by atoms with Gasteiger partial charge in [-0.25, -0.2) is 4.39 Å². The molecule has 0 spiro atoms. The fourth-order valence-electron chi connectivity index (χ4n) is 1.99. The molecule has 0 aromatic heterocycles. The van der Waals surface area contributed by atoms with Crippen LogP contribution in [0.2, 0.25) is 0 Å². The van der Waals surface area contributed by atoms with Crippen molar-refractivity contribution >= 4 is 27.3 Å². The molecule has 0 saturated carbocycles. The summed E-state index contributed by atoms with van der Waals surface area (Å²) < 4.78 is 14.2. The van der Waals surface area contributed by atoms with Crippen LogP contribution in [-0.2, 0) is 6.61 Å². The molecule has 0 bridgehead atoms. The normalized spacial score (nSPS) is 10.5. The molecule has 4 heteroatoms. The van der Waals surface area contributed by atoms with Gasteiger partial charge in [0.15, 0.2) is 0 Å². The van der Waals surface area contributed by atoms with E-state index in [0.29, 0.717) is 0 Å². The summed E-state index contributed by atoms with van der Waals surface area (Å²) in [4.78, 5) is 2.01. The van der Waals surface area contributed by atoms with Crippen LogP contribution in [0.1, 0.15) is 12.5 Å². The maximum absolute atomic E-state index is 13.3. The number of aliphatic hydroxyl groups excluding tert-OH is 1. The zero-order valence-electron chi connectivity index (χ0n) is 10.6. The maximum atomic E-state index is 13.3. The van der Waals surface area contributed by atoms with Crippen molar-refractivity contribution in [1.29, 1.82) is 0 Å². The Balaban J connectivity index is 2.39. The second kappa shape index (κ2) is 6.17. The molecular weight excluding hydrogens is 309 g/mol. The average molecular weight is 324 g/mol. The van der Waals surface area contributed by atoms with Crippen molar-refractivity contribution in [2.45, 2.75) is 13.5 Å². The van der Waals surface area contributed by atoms with E-state index >= 15 is 0 Å². The minimum atomic E-state index is -0.248. The molecule has 2 aromatic carbocycles. The van der Waals surface area contributed by atoms with E-state index in [4.69, 9.17) is 5.11 Å². The van der Waals surface area contributed by atoms with Gasteiger partial charge in [0, 0.05) is 22.4 Å². The van der Waals surface area contributed by atoms with E-state index in [-0.39, 0.29) is 12.4 Å². The summed E-state index contributed by atoms with van der Waals surface area (Å²) in [5.74, 6) is -0.248. The number of nitrogens with zero attached hydrogens (tertiary/aromatic N) is 1. The Morgan fingerprint density at radius 3 is 2.47 bits per heavy atom. The monoisotopic (exact) mass is 323 g/mol. The molecule has 0 heterocycles. The number of hydrogen-bond donors (Lipinski definition) is 1. The molecule has 0 amide bonds. The molecule has 0 aliphatic carbocycles. The largest absolute Gasteiger partial charge is 0.392 e. The van der Waals surface area contributed by atoms with Crippen molar-refractivity contribution in [3.8, 4) is 0 Å². The first-order valence-electron chi connectivity index (χ1n) is 6.08. The van der Waals surface area contributed by atoms with Gasteiger partial charge in [0.05, 0.1) is 6.61 Å². The van der Waals surface area contributed by atoms with Gasteiger partial charge < -0.3 is 10.0 Å². The summed E-state index contributed by atoms with van der Waals surface area (Å²) in [6.07, 6.45) is 0. The smallest absolute Gasteiger partial charge is 0.125 e. The van der Waals surface area contributed by atoms with Crippen LogP contribution in [0.15, 0.2) is 46.9 Å². The summed E-state index contributed by atoms with van der Waals surface area (Å²) in [7, 11) is 0. The first-order valence-corrected chi connectivity index (χ1v) is 6.87. The van der Waals surface area contributed by atoms with Crippen molar-refractivity contribution in [2.24, 2.45) is 0 Å². The number of benzene rings is 2. The number of rotatable bonds is 4. The zero-order valence-corrected chi connectivity index (χ0v) is 12.2. The Morgan fingerprint density at radius 2 is 1.89 bits per heavy atom. The SMILES string of the molecule is CCN(c1cccc(F)c1)c1ccc(CO)c(Br)c1. The lowest BCUT2D eigenvalue weighted by molar-refractivity contribution is 0.281. The van der Waals surface area contributed by atoms with Gasteiger partial charge in [-0.05, 0) is 42.8 Å². The summed E-state index contributed by atoms with van der Waals surface area (Å²) in [6, 6.07) is 12.2. The molecule has 0 aliphatic heterocycles. The lowest BCUT2D eigenvalue weighted by Gasteiger charge is -2.24. The summed E-state index contributed by atoms with van der Waals surface area (Å²) in [5, 5.41) is 9.17. The van der Waals surface area contributed by atoms with E-state index in [2.05, 4.69) is 15.9 Å². The number of halogens is 2. The third-order valence-corrected chi connectivity index (χ3v) is 3.69. The van der Waals surface area contributed by atoms with Crippen LogP contribution in [0.5, 0.6) is 0 Å². The molecular formula is C15H15BrFNO. The van der Waals surface area contributed by atoms with Crippen molar-refractivity contribution < 1.29 is 9.50 Å². The average Bonchev–Trinajstić information content (AvgIpc) is 2.40. The zero-order chi connectivity index (χ0) is 13.8. The lowest BCUT2D eigenvalue weighted by Crippen LogP contribution is -2.16. The molecule has 0 fully saturated rings. The molecule has 2 aromatic rings. The van der Waals surface area contributed by atoms with Crippen LogP contribution in [0, 0.1) is 5.82 Å². The number of hydrogen-bond acceptors (Lipinski definition) is 2. The van der Waals surface area contributed by atoms with E-state index in [1.807, 2.05) is 36.1 Å². The second-order valence-corrected chi connectivity index (χ2v) is 5.01. The molecule has 0 radical (unpaired) electrons. The minimum Gasteiger partial charge on any atom is -0.392 e. The molecule has 1 N–H and O–H groups in total. The van der Waals surface area contributed by atoms with Crippen LogP contribution in [0.25, 0.3) is 0 Å². The molecule has 2 nitrogen and oxygen atoms in total. The van der Waals surface area contributed by atoms with E-state index < -0.39 is 0 Å². The van der Waals surface area contributed by atoms with Crippen LogP contribution in [0.3, 0.4) is 0 Å². The summed E-state index contributed by atoms with van der Waals surface area (Å²) >= 11 is 3.43. The third-order valence-electron chi connectivity index (χ3n) is 2.95. The van der Waals surface area contributed by atoms with Crippen LogP contribution in [0.4, 0.5) is 15.8 Å². The van der Waals surface area contributed by atoms with Gasteiger partial charge in [-0.3, -0.25) is 0 Å². The Kier molecular flexibility index (Phi) is 4.56. The fraction of sp³-hybridized carbons (Fsp3) is 0.200. The molecule has 19 heavy (non-hydrogen) atoms. The third kappa shape index (κ3) is 3.14. The quantitative estimate of drug-likeness (QED) is 0.909. The van der Waals surface area contributed by atoms with E-state index in [1.165, 1.54) is 12.1 Å². The standard InChI is InChI=1S/C15H15BrFNO/c1-2-18(13-5-3-4-12(17)8-13)14-7-6-11(10-19)15(16)9-14/h3-9,19H,2,10H2,1H3. The molecule has 0 unspecified atom stereocenters. The van der Waals surface area contributed by atoms with Crippen LogP contribution in [-0.4, -0.2) is 11.7 Å². The van der Waals surface area contributed by atoms with Gasteiger partial charge in [0.1, 0.15) is 5.82 Å². The first-order chi connectivity index (χ1) is 9.15. The lowest BCUT2D eigenvalue weighted by atomic mass is 10.2. The topological polar surface area (TPSA) is 23.5 Å². The predicted octanol–water partition coefficient (Wildman–Crippen LogP) is 4.24. The van der Waals surface area contributed by atoms with Crippen molar-refractivity contribution in [1.82, 2.24) is 0 Å².